The molecule has 2 rings (SSSR count). The van der Waals surface area contributed by atoms with Gasteiger partial charge in [-0.1, -0.05) is 11.8 Å². The minimum Gasteiger partial charge on any atom is -0.481 e. The lowest BCUT2D eigenvalue weighted by molar-refractivity contribution is -0.115. The average molecular weight is 418 g/mol. The molecule has 142 valence electrons. The first kappa shape index (κ1) is 21.1. The smallest absolute Gasteiger partial charge is 0.243 e. The molecular formula is C17H20ClNO5S2. The van der Waals surface area contributed by atoms with Gasteiger partial charge in [-0.25, -0.2) is 8.42 Å². The van der Waals surface area contributed by atoms with Gasteiger partial charge in [0.15, 0.2) is 0 Å². The second kappa shape index (κ2) is 8.63. The van der Waals surface area contributed by atoms with E-state index in [1.165, 1.54) is 40.3 Å². The van der Waals surface area contributed by atoms with Crippen molar-refractivity contribution in [1.82, 2.24) is 4.31 Å². The Morgan fingerprint density at radius 2 is 2.04 bits per heavy atom. The summed E-state index contributed by atoms with van der Waals surface area (Å²) in [5, 5.41) is 7.89. The van der Waals surface area contributed by atoms with Crippen molar-refractivity contribution < 1.29 is 23.1 Å². The maximum Gasteiger partial charge on any atom is 0.243 e. The van der Waals surface area contributed by atoms with Crippen LogP contribution < -0.4 is 4.74 Å². The monoisotopic (exact) mass is 417 g/mol. The van der Waals surface area contributed by atoms with E-state index < -0.39 is 26.1 Å². The molecule has 0 bridgehead atoms. The topological polar surface area (TPSA) is 83.9 Å². The molecule has 0 radical (unpaired) electrons. The third-order valence-corrected chi connectivity index (χ3v) is 7.33. The van der Waals surface area contributed by atoms with Crippen LogP contribution in [0.2, 0.25) is 0 Å². The summed E-state index contributed by atoms with van der Waals surface area (Å²) in [7, 11) is -3.88. The second-order valence-electron chi connectivity index (χ2n) is 6.05. The number of thioether (sulfide) groups is 1. The van der Waals surface area contributed by atoms with Gasteiger partial charge in [-0.05, 0) is 49.7 Å². The van der Waals surface area contributed by atoms with Gasteiger partial charge in [0.1, 0.15) is 25.0 Å². The summed E-state index contributed by atoms with van der Waals surface area (Å²) >= 11 is 7.25. The number of sulfonamides is 1. The lowest BCUT2D eigenvalue weighted by Gasteiger charge is -2.42. The SMILES string of the molecule is CC1(C)SCCN(S(=O)(=O)c2ccc(OCC#CCO)cc2)[C@H]1C(=O)Cl. The Labute approximate surface area is 162 Å². The fraction of sp³-hybridized carbons (Fsp3) is 0.471. The van der Waals surface area contributed by atoms with Crippen LogP contribution in [-0.2, 0) is 14.8 Å². The number of hydrogen-bond donors (Lipinski definition) is 1. The first-order chi connectivity index (χ1) is 12.2. The molecule has 0 saturated carbocycles. The number of ether oxygens (including phenoxy) is 1. The molecule has 1 N–H and O–H groups in total. The van der Waals surface area contributed by atoms with Crippen LogP contribution in [0.3, 0.4) is 0 Å². The van der Waals surface area contributed by atoms with Crippen LogP contribution in [-0.4, -0.2) is 59.4 Å². The Kier molecular flexibility index (Phi) is 6.99. The number of carbonyl (C=O) groups is 1. The van der Waals surface area contributed by atoms with Crippen molar-refractivity contribution in [3.8, 4) is 17.6 Å². The molecule has 0 unspecified atom stereocenters. The molecule has 1 fully saturated rings. The highest BCUT2D eigenvalue weighted by molar-refractivity contribution is 8.01. The number of carbonyl (C=O) groups excluding carboxylic acids is 1. The summed E-state index contributed by atoms with van der Waals surface area (Å²) in [5.74, 6) is 6.09. The number of nitrogens with zero attached hydrogens (tertiary/aromatic N) is 1. The summed E-state index contributed by atoms with van der Waals surface area (Å²) in [6.45, 7) is 3.69. The molecule has 1 atom stereocenters. The molecule has 6 nitrogen and oxygen atoms in total. The number of rotatable bonds is 5. The normalized spacial score (nSPS) is 20.1. The highest BCUT2D eigenvalue weighted by Crippen LogP contribution is 2.39. The Hall–Kier alpha value is -1.24. The maximum atomic E-state index is 13.0. The van der Waals surface area contributed by atoms with Crippen LogP contribution in [0.4, 0.5) is 0 Å². The zero-order chi connectivity index (χ0) is 19.4. The molecule has 0 spiro atoms. The second-order valence-corrected chi connectivity index (χ2v) is 10.1. The van der Waals surface area contributed by atoms with Crippen molar-refractivity contribution in [2.75, 3.05) is 25.5 Å². The van der Waals surface area contributed by atoms with Crippen molar-refractivity contribution in [2.24, 2.45) is 0 Å². The molecule has 1 aromatic rings. The van der Waals surface area contributed by atoms with Crippen molar-refractivity contribution in [1.29, 1.82) is 0 Å². The highest BCUT2D eigenvalue weighted by Gasteiger charge is 2.47. The third-order valence-electron chi connectivity index (χ3n) is 3.89. The Morgan fingerprint density at radius 1 is 1.38 bits per heavy atom. The molecule has 9 heteroatoms. The van der Waals surface area contributed by atoms with Gasteiger partial charge in [0, 0.05) is 17.0 Å². The van der Waals surface area contributed by atoms with Gasteiger partial charge in [-0.2, -0.15) is 16.1 Å². The number of benzene rings is 1. The molecule has 1 aromatic carbocycles. The van der Waals surface area contributed by atoms with Crippen LogP contribution in [0, 0.1) is 11.8 Å². The van der Waals surface area contributed by atoms with E-state index in [0.29, 0.717) is 11.5 Å². The Bertz CT molecular complexity index is 812. The van der Waals surface area contributed by atoms with Gasteiger partial charge in [0.25, 0.3) is 0 Å². The molecule has 0 amide bonds. The van der Waals surface area contributed by atoms with E-state index in [1.807, 2.05) is 13.8 Å². The van der Waals surface area contributed by atoms with E-state index in [-0.39, 0.29) is 24.7 Å². The van der Waals surface area contributed by atoms with E-state index >= 15 is 0 Å². The van der Waals surface area contributed by atoms with Crippen LogP contribution in [0.25, 0.3) is 0 Å². The van der Waals surface area contributed by atoms with Crippen molar-refractivity contribution in [3.05, 3.63) is 24.3 Å². The van der Waals surface area contributed by atoms with Crippen LogP contribution in [0.1, 0.15) is 13.8 Å². The molecule has 1 aliphatic heterocycles. The predicted molar refractivity (Wildman–Crippen MR) is 102 cm³/mol. The summed E-state index contributed by atoms with van der Waals surface area (Å²) < 4.78 is 31.9. The molecule has 1 saturated heterocycles. The standard InChI is InChI=1S/C17H20ClNO5S2/c1-17(2)15(16(18)21)19(9-12-25-17)26(22,23)14-7-5-13(6-8-14)24-11-4-3-10-20/h5-8,15,20H,9-12H2,1-2H3/t15-/m0/s1. The quantitative estimate of drug-likeness (QED) is 0.580. The molecule has 0 aliphatic carbocycles. The first-order valence-electron chi connectivity index (χ1n) is 7.85. The van der Waals surface area contributed by atoms with Crippen molar-refractivity contribution in [3.63, 3.8) is 0 Å². The number of hydrogen-bond acceptors (Lipinski definition) is 6. The van der Waals surface area contributed by atoms with Crippen LogP contribution in [0.5, 0.6) is 5.75 Å². The first-order valence-corrected chi connectivity index (χ1v) is 10.6. The number of aliphatic hydroxyl groups is 1. The van der Waals surface area contributed by atoms with E-state index in [0.717, 1.165) is 0 Å². The van der Waals surface area contributed by atoms with Crippen LogP contribution in [0.15, 0.2) is 29.2 Å². The molecule has 1 aliphatic rings. The Balaban J connectivity index is 2.24. The Morgan fingerprint density at radius 3 is 2.62 bits per heavy atom. The van der Waals surface area contributed by atoms with Gasteiger partial charge >= 0.3 is 0 Å². The summed E-state index contributed by atoms with van der Waals surface area (Å²) in [6.07, 6.45) is 0. The van der Waals surface area contributed by atoms with Gasteiger partial charge < -0.3 is 9.84 Å². The van der Waals surface area contributed by atoms with Gasteiger partial charge in [-0.15, -0.1) is 0 Å². The third kappa shape index (κ3) is 4.72. The van der Waals surface area contributed by atoms with Gasteiger partial charge in [-0.3, -0.25) is 4.79 Å². The zero-order valence-electron chi connectivity index (χ0n) is 14.4. The highest BCUT2D eigenvalue weighted by atomic mass is 35.5. The summed E-state index contributed by atoms with van der Waals surface area (Å²) in [5.41, 5.74) is 0. The van der Waals surface area contributed by atoms with E-state index in [4.69, 9.17) is 21.4 Å². The molecule has 0 aromatic heterocycles. The summed E-state index contributed by atoms with van der Waals surface area (Å²) in [4.78, 5) is 12.0. The van der Waals surface area contributed by atoms with Crippen LogP contribution >= 0.6 is 23.4 Å². The fourth-order valence-corrected chi connectivity index (χ4v) is 6.29. The van der Waals surface area contributed by atoms with E-state index in [2.05, 4.69) is 11.8 Å². The van der Waals surface area contributed by atoms with E-state index in [9.17, 15) is 13.2 Å². The average Bonchev–Trinajstić information content (AvgIpc) is 2.57. The van der Waals surface area contributed by atoms with Crippen molar-refractivity contribution in [2.45, 2.75) is 29.5 Å². The largest absolute Gasteiger partial charge is 0.481 e. The molecule has 1 heterocycles. The van der Waals surface area contributed by atoms with Crippen molar-refractivity contribution >= 4 is 38.6 Å². The molecular weight excluding hydrogens is 398 g/mol. The van der Waals surface area contributed by atoms with Gasteiger partial charge in [0.05, 0.1) is 4.90 Å². The maximum absolute atomic E-state index is 13.0. The van der Waals surface area contributed by atoms with E-state index in [1.54, 1.807) is 0 Å². The molecule has 26 heavy (non-hydrogen) atoms. The fourth-order valence-electron chi connectivity index (χ4n) is 2.67. The lowest BCUT2D eigenvalue weighted by Crippen LogP contribution is -2.57. The zero-order valence-corrected chi connectivity index (χ0v) is 16.8. The summed E-state index contributed by atoms with van der Waals surface area (Å²) in [6, 6.07) is 4.96. The predicted octanol–water partition coefficient (Wildman–Crippen LogP) is 1.71. The minimum atomic E-state index is -3.88. The number of halogens is 1. The van der Waals surface area contributed by atoms with Gasteiger partial charge in [0.2, 0.25) is 15.3 Å². The minimum absolute atomic E-state index is 0.0666. The lowest BCUT2D eigenvalue weighted by atomic mass is 10.0. The number of aliphatic hydroxyl groups excluding tert-OH is 1.